The number of hydrogen-bond donors (Lipinski definition) is 1. The van der Waals surface area contributed by atoms with Crippen molar-refractivity contribution in [3.8, 4) is 5.75 Å². The van der Waals surface area contributed by atoms with Crippen LogP contribution in [-0.2, 0) is 11.2 Å². The molecule has 2 atom stereocenters. The van der Waals surface area contributed by atoms with Crippen LogP contribution in [0.5, 0.6) is 5.75 Å². The summed E-state index contributed by atoms with van der Waals surface area (Å²) >= 11 is 0. The number of methoxy groups -OCH3 is 1. The molecule has 1 aromatic rings. The first kappa shape index (κ1) is 13.4. The zero-order valence-electron chi connectivity index (χ0n) is 11.1. The van der Waals surface area contributed by atoms with Gasteiger partial charge in [0.1, 0.15) is 5.75 Å². The quantitative estimate of drug-likeness (QED) is 0.872. The first-order valence-corrected chi connectivity index (χ1v) is 6.79. The van der Waals surface area contributed by atoms with Gasteiger partial charge in [0.2, 0.25) is 0 Å². The highest BCUT2D eigenvalue weighted by molar-refractivity contribution is 5.27. The minimum Gasteiger partial charge on any atom is -0.497 e. The van der Waals surface area contributed by atoms with E-state index in [2.05, 4.69) is 12.1 Å². The van der Waals surface area contributed by atoms with Crippen molar-refractivity contribution in [2.45, 2.75) is 44.2 Å². The molecule has 2 rings (SSSR count). The number of hydrogen-bond acceptors (Lipinski definition) is 3. The Morgan fingerprint density at radius 1 is 1.33 bits per heavy atom. The molecule has 2 unspecified atom stereocenters. The normalized spacial score (nSPS) is 21.6. The number of aryl methyl sites for hydroxylation is 1. The second kappa shape index (κ2) is 6.76. The van der Waals surface area contributed by atoms with Crippen molar-refractivity contribution < 1.29 is 9.47 Å². The maximum absolute atomic E-state index is 6.20. The first-order chi connectivity index (χ1) is 8.79. The standard InChI is InChI=1S/C15H23NO2/c1-17-13-8-5-12(6-9-13)7-10-14(16)15-4-2-3-11-18-15/h5-6,8-9,14-15H,2-4,7,10-11,16H2,1H3. The minimum atomic E-state index is 0.160. The molecule has 2 N–H and O–H groups in total. The monoisotopic (exact) mass is 249 g/mol. The lowest BCUT2D eigenvalue weighted by atomic mass is 9.97. The molecule has 0 aliphatic carbocycles. The molecule has 1 fully saturated rings. The van der Waals surface area contributed by atoms with Gasteiger partial charge in [-0.3, -0.25) is 0 Å². The van der Waals surface area contributed by atoms with Crippen LogP contribution in [0.4, 0.5) is 0 Å². The Morgan fingerprint density at radius 2 is 2.11 bits per heavy atom. The van der Waals surface area contributed by atoms with Gasteiger partial charge >= 0.3 is 0 Å². The van der Waals surface area contributed by atoms with Gasteiger partial charge in [-0.25, -0.2) is 0 Å². The van der Waals surface area contributed by atoms with Gasteiger partial charge in [-0.1, -0.05) is 12.1 Å². The summed E-state index contributed by atoms with van der Waals surface area (Å²) in [6.07, 6.45) is 5.80. The van der Waals surface area contributed by atoms with Gasteiger partial charge in [0.15, 0.2) is 0 Å². The van der Waals surface area contributed by atoms with E-state index in [1.54, 1.807) is 7.11 Å². The molecular formula is C15H23NO2. The smallest absolute Gasteiger partial charge is 0.118 e. The Morgan fingerprint density at radius 3 is 2.72 bits per heavy atom. The fraction of sp³-hybridized carbons (Fsp3) is 0.600. The Balaban J connectivity index is 1.78. The van der Waals surface area contributed by atoms with Gasteiger partial charge in [0.05, 0.1) is 13.2 Å². The van der Waals surface area contributed by atoms with Crippen LogP contribution >= 0.6 is 0 Å². The minimum absolute atomic E-state index is 0.160. The van der Waals surface area contributed by atoms with E-state index in [0.717, 1.165) is 31.6 Å². The summed E-state index contributed by atoms with van der Waals surface area (Å²) in [5, 5.41) is 0. The molecule has 0 radical (unpaired) electrons. The lowest BCUT2D eigenvalue weighted by molar-refractivity contribution is -0.000931. The zero-order chi connectivity index (χ0) is 12.8. The molecule has 0 spiro atoms. The average molecular weight is 249 g/mol. The highest BCUT2D eigenvalue weighted by Crippen LogP contribution is 2.18. The molecule has 18 heavy (non-hydrogen) atoms. The number of nitrogens with two attached hydrogens (primary N) is 1. The van der Waals surface area contributed by atoms with Crippen LogP contribution in [0.2, 0.25) is 0 Å². The maximum Gasteiger partial charge on any atom is 0.118 e. The second-order valence-corrected chi connectivity index (χ2v) is 4.96. The van der Waals surface area contributed by atoms with E-state index < -0.39 is 0 Å². The van der Waals surface area contributed by atoms with Crippen LogP contribution in [-0.4, -0.2) is 25.9 Å². The molecule has 0 aromatic heterocycles. The molecule has 1 aromatic carbocycles. The van der Waals surface area contributed by atoms with E-state index in [0.29, 0.717) is 0 Å². The summed E-state index contributed by atoms with van der Waals surface area (Å²) in [4.78, 5) is 0. The van der Waals surface area contributed by atoms with Crippen LogP contribution in [0, 0.1) is 0 Å². The SMILES string of the molecule is COc1ccc(CCC(N)C2CCCCO2)cc1. The van der Waals surface area contributed by atoms with Gasteiger partial charge in [-0.15, -0.1) is 0 Å². The van der Waals surface area contributed by atoms with Crippen molar-refractivity contribution in [2.75, 3.05) is 13.7 Å². The third-order valence-electron chi connectivity index (χ3n) is 3.62. The van der Waals surface area contributed by atoms with Gasteiger partial charge < -0.3 is 15.2 Å². The molecule has 1 aliphatic heterocycles. The van der Waals surface area contributed by atoms with Crippen LogP contribution < -0.4 is 10.5 Å². The first-order valence-electron chi connectivity index (χ1n) is 6.79. The molecule has 0 amide bonds. The van der Waals surface area contributed by atoms with Crippen molar-refractivity contribution in [3.05, 3.63) is 29.8 Å². The maximum atomic E-state index is 6.20. The van der Waals surface area contributed by atoms with Gasteiger partial charge in [-0.2, -0.15) is 0 Å². The van der Waals surface area contributed by atoms with E-state index in [1.807, 2.05) is 12.1 Å². The predicted molar refractivity (Wildman–Crippen MR) is 72.9 cm³/mol. The van der Waals surface area contributed by atoms with E-state index in [1.165, 1.54) is 18.4 Å². The molecule has 1 aliphatic rings. The summed E-state index contributed by atoms with van der Waals surface area (Å²) in [5.41, 5.74) is 7.51. The van der Waals surface area contributed by atoms with Crippen LogP contribution in [0.15, 0.2) is 24.3 Å². The summed E-state index contributed by atoms with van der Waals surface area (Å²) in [7, 11) is 1.69. The van der Waals surface area contributed by atoms with Gasteiger partial charge in [-0.05, 0) is 49.8 Å². The van der Waals surface area contributed by atoms with E-state index in [4.69, 9.17) is 15.2 Å². The van der Waals surface area contributed by atoms with Gasteiger partial charge in [0.25, 0.3) is 0 Å². The van der Waals surface area contributed by atoms with Crippen LogP contribution in [0.1, 0.15) is 31.2 Å². The van der Waals surface area contributed by atoms with Crippen molar-refractivity contribution in [1.29, 1.82) is 0 Å². The molecule has 1 saturated heterocycles. The fourth-order valence-corrected chi connectivity index (χ4v) is 2.41. The van der Waals surface area contributed by atoms with Crippen LogP contribution in [0.3, 0.4) is 0 Å². The third-order valence-corrected chi connectivity index (χ3v) is 3.62. The lowest BCUT2D eigenvalue weighted by Crippen LogP contribution is -2.39. The van der Waals surface area contributed by atoms with Crippen molar-refractivity contribution in [1.82, 2.24) is 0 Å². The van der Waals surface area contributed by atoms with Crippen molar-refractivity contribution in [2.24, 2.45) is 5.73 Å². The van der Waals surface area contributed by atoms with E-state index in [-0.39, 0.29) is 12.1 Å². The van der Waals surface area contributed by atoms with E-state index in [9.17, 15) is 0 Å². The molecule has 3 nitrogen and oxygen atoms in total. The molecule has 3 heteroatoms. The van der Waals surface area contributed by atoms with Crippen molar-refractivity contribution in [3.63, 3.8) is 0 Å². The van der Waals surface area contributed by atoms with Crippen molar-refractivity contribution >= 4 is 0 Å². The molecule has 0 bridgehead atoms. The highest BCUT2D eigenvalue weighted by atomic mass is 16.5. The van der Waals surface area contributed by atoms with Crippen LogP contribution in [0.25, 0.3) is 0 Å². The Kier molecular flexibility index (Phi) is 5.02. The topological polar surface area (TPSA) is 44.5 Å². The number of ether oxygens (including phenoxy) is 2. The Bertz CT molecular complexity index is 344. The fourth-order valence-electron chi connectivity index (χ4n) is 2.41. The zero-order valence-corrected chi connectivity index (χ0v) is 11.1. The third kappa shape index (κ3) is 3.72. The summed E-state index contributed by atoms with van der Waals surface area (Å²) in [6, 6.07) is 8.36. The largest absolute Gasteiger partial charge is 0.497 e. The number of rotatable bonds is 5. The molecule has 100 valence electrons. The summed E-state index contributed by atoms with van der Waals surface area (Å²) in [5.74, 6) is 0.902. The average Bonchev–Trinajstić information content (AvgIpc) is 2.46. The highest BCUT2D eigenvalue weighted by Gasteiger charge is 2.20. The lowest BCUT2D eigenvalue weighted by Gasteiger charge is -2.27. The summed E-state index contributed by atoms with van der Waals surface area (Å²) < 4.78 is 10.9. The predicted octanol–water partition coefficient (Wildman–Crippen LogP) is 2.52. The van der Waals surface area contributed by atoms with Gasteiger partial charge in [0, 0.05) is 12.6 Å². The number of benzene rings is 1. The summed E-state index contributed by atoms with van der Waals surface area (Å²) in [6.45, 7) is 0.876. The second-order valence-electron chi connectivity index (χ2n) is 4.96. The molecule has 1 heterocycles. The Labute approximate surface area is 109 Å². The molecular weight excluding hydrogens is 226 g/mol. The Hall–Kier alpha value is -1.06. The van der Waals surface area contributed by atoms with E-state index >= 15 is 0 Å². The molecule has 0 saturated carbocycles.